The average molecular weight is 170 g/mol. The van der Waals surface area contributed by atoms with Gasteiger partial charge in [0, 0.05) is 0 Å². The molecular weight excluding hydrogens is 152 g/mol. The molecule has 0 rings (SSSR count). The summed E-state index contributed by atoms with van der Waals surface area (Å²) >= 11 is 0. The SMILES string of the molecule is CC=C(CC)C(=O)COC(C)C. The molecular formula is C10H18O2. The molecule has 0 aromatic heterocycles. The molecule has 0 aromatic carbocycles. The highest BCUT2D eigenvalue weighted by Crippen LogP contribution is 2.02. The van der Waals surface area contributed by atoms with Gasteiger partial charge in [-0.15, -0.1) is 0 Å². The molecule has 0 fully saturated rings. The van der Waals surface area contributed by atoms with E-state index in [4.69, 9.17) is 4.74 Å². The summed E-state index contributed by atoms with van der Waals surface area (Å²) in [5.74, 6) is 0.105. The normalized spacial score (nSPS) is 12.2. The van der Waals surface area contributed by atoms with Crippen LogP contribution in [0.5, 0.6) is 0 Å². The molecule has 2 nitrogen and oxygen atoms in total. The van der Waals surface area contributed by atoms with Gasteiger partial charge < -0.3 is 4.74 Å². The van der Waals surface area contributed by atoms with Gasteiger partial charge in [0.05, 0.1) is 6.10 Å². The predicted octanol–water partition coefficient (Wildman–Crippen LogP) is 2.34. The van der Waals surface area contributed by atoms with E-state index in [1.807, 2.05) is 33.8 Å². The van der Waals surface area contributed by atoms with Crippen molar-refractivity contribution < 1.29 is 9.53 Å². The first-order chi connectivity index (χ1) is 5.61. The summed E-state index contributed by atoms with van der Waals surface area (Å²) in [7, 11) is 0. The van der Waals surface area contributed by atoms with Crippen molar-refractivity contribution in [3.63, 3.8) is 0 Å². The molecule has 0 aromatic rings. The van der Waals surface area contributed by atoms with Gasteiger partial charge in [0.2, 0.25) is 0 Å². The quantitative estimate of drug-likeness (QED) is 0.592. The third-order valence-corrected chi connectivity index (χ3v) is 1.64. The summed E-state index contributed by atoms with van der Waals surface area (Å²) in [4.78, 5) is 11.3. The van der Waals surface area contributed by atoms with Crippen LogP contribution in [0.15, 0.2) is 11.6 Å². The fourth-order valence-corrected chi connectivity index (χ4v) is 0.897. The number of ketones is 1. The Morgan fingerprint density at radius 2 is 2.08 bits per heavy atom. The molecule has 70 valence electrons. The summed E-state index contributed by atoms with van der Waals surface area (Å²) in [6.07, 6.45) is 2.77. The Morgan fingerprint density at radius 3 is 2.42 bits per heavy atom. The zero-order chi connectivity index (χ0) is 9.56. The Morgan fingerprint density at radius 1 is 1.50 bits per heavy atom. The number of carbonyl (C=O) groups excluding carboxylic acids is 1. The minimum absolute atomic E-state index is 0.105. The molecule has 0 unspecified atom stereocenters. The van der Waals surface area contributed by atoms with E-state index in [0.29, 0.717) is 0 Å². The number of ether oxygens (including phenoxy) is 1. The zero-order valence-corrected chi connectivity index (χ0v) is 8.39. The highest BCUT2D eigenvalue weighted by atomic mass is 16.5. The molecule has 0 bridgehead atoms. The number of hydrogen-bond donors (Lipinski definition) is 0. The molecule has 0 aliphatic carbocycles. The van der Waals surface area contributed by atoms with Crippen LogP contribution in [0, 0.1) is 0 Å². The number of carbonyl (C=O) groups is 1. The van der Waals surface area contributed by atoms with Gasteiger partial charge in [-0.1, -0.05) is 13.0 Å². The van der Waals surface area contributed by atoms with Crippen molar-refractivity contribution in [2.75, 3.05) is 6.61 Å². The van der Waals surface area contributed by atoms with Crippen molar-refractivity contribution in [3.8, 4) is 0 Å². The van der Waals surface area contributed by atoms with Gasteiger partial charge in [-0.05, 0) is 32.8 Å². The van der Waals surface area contributed by atoms with Crippen LogP contribution in [0.3, 0.4) is 0 Å². The summed E-state index contributed by atoms with van der Waals surface area (Å²) in [6, 6.07) is 0. The molecule has 12 heavy (non-hydrogen) atoms. The van der Waals surface area contributed by atoms with Crippen molar-refractivity contribution in [2.24, 2.45) is 0 Å². The molecule has 0 N–H and O–H groups in total. The molecule has 0 aliphatic rings. The van der Waals surface area contributed by atoms with E-state index in [-0.39, 0.29) is 18.5 Å². The van der Waals surface area contributed by atoms with E-state index >= 15 is 0 Å². The molecule has 0 aliphatic heterocycles. The van der Waals surface area contributed by atoms with Crippen LogP contribution >= 0.6 is 0 Å². The maximum atomic E-state index is 11.3. The standard InChI is InChI=1S/C10H18O2/c1-5-9(6-2)10(11)7-12-8(3)4/h5,8H,6-7H2,1-4H3. The van der Waals surface area contributed by atoms with Gasteiger partial charge >= 0.3 is 0 Å². The molecule has 2 heteroatoms. The minimum atomic E-state index is 0.105. The molecule has 0 saturated heterocycles. The van der Waals surface area contributed by atoms with Gasteiger partial charge in [0.1, 0.15) is 6.61 Å². The van der Waals surface area contributed by atoms with Crippen LogP contribution in [0.1, 0.15) is 34.1 Å². The maximum absolute atomic E-state index is 11.3. The second kappa shape index (κ2) is 5.95. The summed E-state index contributed by atoms with van der Waals surface area (Å²) in [5, 5.41) is 0. The molecule has 0 atom stereocenters. The smallest absolute Gasteiger partial charge is 0.184 e. The third-order valence-electron chi connectivity index (χ3n) is 1.64. The Labute approximate surface area is 74.6 Å². The first kappa shape index (κ1) is 11.4. The Hall–Kier alpha value is -0.630. The molecule has 0 spiro atoms. The van der Waals surface area contributed by atoms with E-state index in [1.165, 1.54) is 0 Å². The second-order valence-electron chi connectivity index (χ2n) is 2.95. The van der Waals surface area contributed by atoms with Crippen LogP contribution < -0.4 is 0 Å². The van der Waals surface area contributed by atoms with Crippen LogP contribution in [-0.2, 0) is 9.53 Å². The van der Waals surface area contributed by atoms with E-state index in [1.54, 1.807) is 0 Å². The van der Waals surface area contributed by atoms with Crippen LogP contribution in [-0.4, -0.2) is 18.5 Å². The van der Waals surface area contributed by atoms with Gasteiger partial charge in [0.15, 0.2) is 5.78 Å². The second-order valence-corrected chi connectivity index (χ2v) is 2.95. The lowest BCUT2D eigenvalue weighted by Crippen LogP contribution is -2.14. The lowest BCUT2D eigenvalue weighted by molar-refractivity contribution is -0.121. The van der Waals surface area contributed by atoms with E-state index in [9.17, 15) is 4.79 Å². The maximum Gasteiger partial charge on any atom is 0.184 e. The highest BCUT2D eigenvalue weighted by Gasteiger charge is 2.06. The number of Topliss-reactive ketones (excluding diaryl/α,β-unsaturated/α-hetero) is 1. The third kappa shape index (κ3) is 4.29. The van der Waals surface area contributed by atoms with Gasteiger partial charge in [-0.2, -0.15) is 0 Å². The van der Waals surface area contributed by atoms with Gasteiger partial charge in [0.25, 0.3) is 0 Å². The number of allylic oxidation sites excluding steroid dienone is 1. The monoisotopic (exact) mass is 170 g/mol. The molecule has 0 heterocycles. The van der Waals surface area contributed by atoms with Crippen molar-refractivity contribution in [1.82, 2.24) is 0 Å². The van der Waals surface area contributed by atoms with Crippen molar-refractivity contribution in [3.05, 3.63) is 11.6 Å². The number of hydrogen-bond acceptors (Lipinski definition) is 2. The van der Waals surface area contributed by atoms with Crippen molar-refractivity contribution >= 4 is 5.78 Å². The van der Waals surface area contributed by atoms with Gasteiger partial charge in [-0.25, -0.2) is 0 Å². The molecule has 0 amide bonds. The fourth-order valence-electron chi connectivity index (χ4n) is 0.897. The Bertz CT molecular complexity index is 169. The van der Waals surface area contributed by atoms with Crippen LogP contribution in [0.25, 0.3) is 0 Å². The van der Waals surface area contributed by atoms with Crippen molar-refractivity contribution in [1.29, 1.82) is 0 Å². The predicted molar refractivity (Wildman–Crippen MR) is 50.1 cm³/mol. The average Bonchev–Trinajstić information content (AvgIpc) is 2.03. The van der Waals surface area contributed by atoms with Crippen LogP contribution in [0.4, 0.5) is 0 Å². The Balaban J connectivity index is 3.87. The van der Waals surface area contributed by atoms with E-state index in [2.05, 4.69) is 0 Å². The van der Waals surface area contributed by atoms with E-state index < -0.39 is 0 Å². The lowest BCUT2D eigenvalue weighted by atomic mass is 10.1. The minimum Gasteiger partial charge on any atom is -0.371 e. The number of rotatable bonds is 5. The van der Waals surface area contributed by atoms with Gasteiger partial charge in [-0.3, -0.25) is 4.79 Å². The summed E-state index contributed by atoms with van der Waals surface area (Å²) < 4.78 is 5.20. The fraction of sp³-hybridized carbons (Fsp3) is 0.700. The first-order valence-electron chi connectivity index (χ1n) is 4.41. The largest absolute Gasteiger partial charge is 0.371 e. The first-order valence-corrected chi connectivity index (χ1v) is 4.41. The van der Waals surface area contributed by atoms with E-state index in [0.717, 1.165) is 12.0 Å². The summed E-state index contributed by atoms with van der Waals surface area (Å²) in [6.45, 7) is 7.92. The van der Waals surface area contributed by atoms with Crippen molar-refractivity contribution in [2.45, 2.75) is 40.2 Å². The zero-order valence-electron chi connectivity index (χ0n) is 8.39. The molecule has 0 radical (unpaired) electrons. The Kier molecular flexibility index (Phi) is 5.64. The van der Waals surface area contributed by atoms with Crippen LogP contribution in [0.2, 0.25) is 0 Å². The lowest BCUT2D eigenvalue weighted by Gasteiger charge is -2.07. The summed E-state index contributed by atoms with van der Waals surface area (Å²) in [5.41, 5.74) is 0.857. The highest BCUT2D eigenvalue weighted by molar-refractivity contribution is 5.96. The molecule has 0 saturated carbocycles. The topological polar surface area (TPSA) is 26.3 Å².